The molecule has 0 atom stereocenters. The highest BCUT2D eigenvalue weighted by Gasteiger charge is 2.05. The van der Waals surface area contributed by atoms with Gasteiger partial charge in [0.15, 0.2) is 0 Å². The highest BCUT2D eigenvalue weighted by Crippen LogP contribution is 2.23. The van der Waals surface area contributed by atoms with E-state index in [0.717, 1.165) is 16.7 Å². The van der Waals surface area contributed by atoms with Gasteiger partial charge in [0.1, 0.15) is 5.82 Å². The normalized spacial score (nSPS) is 11.5. The van der Waals surface area contributed by atoms with Crippen LogP contribution in [0.15, 0.2) is 76.9 Å². The average Bonchev–Trinajstić information content (AvgIpc) is 2.61. The standard InChI is InChI=1S/C22H19FN2/c1-16-3-7-18(8-4-16)14-24-25-15-19-9-12-21(22(23)13-19)20-10-5-17(2)6-11-20/h3-15H,1-2H3. The molecule has 3 rings (SSSR count). The van der Waals surface area contributed by atoms with Crippen molar-refractivity contribution < 1.29 is 4.39 Å². The Balaban J connectivity index is 1.72. The molecule has 3 heteroatoms. The van der Waals surface area contributed by atoms with Crippen LogP contribution < -0.4 is 0 Å². The van der Waals surface area contributed by atoms with Gasteiger partial charge in [0.05, 0.1) is 12.4 Å². The molecule has 0 saturated carbocycles. The summed E-state index contributed by atoms with van der Waals surface area (Å²) >= 11 is 0. The third-order valence-corrected chi connectivity index (χ3v) is 3.91. The van der Waals surface area contributed by atoms with Crippen molar-refractivity contribution >= 4 is 12.4 Å². The first-order valence-corrected chi connectivity index (χ1v) is 8.11. The predicted molar refractivity (Wildman–Crippen MR) is 103 cm³/mol. The zero-order chi connectivity index (χ0) is 17.6. The molecule has 0 amide bonds. The second kappa shape index (κ2) is 7.67. The van der Waals surface area contributed by atoms with Gasteiger partial charge in [-0.1, -0.05) is 71.8 Å². The number of hydrogen-bond donors (Lipinski definition) is 0. The van der Waals surface area contributed by atoms with Crippen LogP contribution in [-0.2, 0) is 0 Å². The smallest absolute Gasteiger partial charge is 0.131 e. The van der Waals surface area contributed by atoms with Crippen LogP contribution in [-0.4, -0.2) is 12.4 Å². The first kappa shape index (κ1) is 16.8. The van der Waals surface area contributed by atoms with E-state index >= 15 is 0 Å². The molecule has 3 aromatic rings. The lowest BCUT2D eigenvalue weighted by Crippen LogP contribution is -1.88. The van der Waals surface area contributed by atoms with Crippen LogP contribution in [0.5, 0.6) is 0 Å². The minimum Gasteiger partial charge on any atom is -0.206 e. The van der Waals surface area contributed by atoms with Crippen molar-refractivity contribution in [3.63, 3.8) is 0 Å². The van der Waals surface area contributed by atoms with E-state index in [1.807, 2.05) is 68.4 Å². The molecule has 0 aliphatic heterocycles. The van der Waals surface area contributed by atoms with Crippen molar-refractivity contribution in [1.29, 1.82) is 0 Å². The minimum absolute atomic E-state index is 0.268. The van der Waals surface area contributed by atoms with E-state index in [-0.39, 0.29) is 5.82 Å². The SMILES string of the molecule is Cc1ccc(C=NN=Cc2ccc(-c3ccc(C)cc3)c(F)c2)cc1. The van der Waals surface area contributed by atoms with Crippen molar-refractivity contribution in [2.45, 2.75) is 13.8 Å². The zero-order valence-corrected chi connectivity index (χ0v) is 14.3. The van der Waals surface area contributed by atoms with Gasteiger partial charge in [-0.05, 0) is 36.6 Å². The molecule has 0 fully saturated rings. The molecule has 0 aromatic heterocycles. The topological polar surface area (TPSA) is 24.7 Å². The quantitative estimate of drug-likeness (QED) is 0.442. The lowest BCUT2D eigenvalue weighted by atomic mass is 10.0. The maximum absolute atomic E-state index is 14.3. The summed E-state index contributed by atoms with van der Waals surface area (Å²) in [6, 6.07) is 20.9. The van der Waals surface area contributed by atoms with E-state index in [1.165, 1.54) is 11.6 Å². The second-order valence-electron chi connectivity index (χ2n) is 6.01. The molecule has 25 heavy (non-hydrogen) atoms. The highest BCUT2D eigenvalue weighted by molar-refractivity contribution is 5.83. The van der Waals surface area contributed by atoms with E-state index in [1.54, 1.807) is 18.5 Å². The van der Waals surface area contributed by atoms with E-state index in [0.29, 0.717) is 11.1 Å². The monoisotopic (exact) mass is 330 g/mol. The van der Waals surface area contributed by atoms with E-state index < -0.39 is 0 Å². The van der Waals surface area contributed by atoms with Gasteiger partial charge in [0.2, 0.25) is 0 Å². The fourth-order valence-electron chi connectivity index (χ4n) is 2.43. The van der Waals surface area contributed by atoms with Gasteiger partial charge in [-0.3, -0.25) is 0 Å². The van der Waals surface area contributed by atoms with Crippen molar-refractivity contribution in [3.05, 3.63) is 94.8 Å². The van der Waals surface area contributed by atoms with Gasteiger partial charge in [-0.15, -0.1) is 0 Å². The Morgan fingerprint density at radius 3 is 1.80 bits per heavy atom. The van der Waals surface area contributed by atoms with Crippen molar-refractivity contribution in [3.8, 4) is 11.1 Å². The van der Waals surface area contributed by atoms with Crippen LogP contribution in [0.3, 0.4) is 0 Å². The van der Waals surface area contributed by atoms with Gasteiger partial charge >= 0.3 is 0 Å². The molecular formula is C22H19FN2. The molecule has 0 N–H and O–H groups in total. The molecule has 0 heterocycles. The van der Waals surface area contributed by atoms with Crippen LogP contribution in [0.2, 0.25) is 0 Å². The van der Waals surface area contributed by atoms with E-state index in [2.05, 4.69) is 10.2 Å². The van der Waals surface area contributed by atoms with Gasteiger partial charge in [-0.2, -0.15) is 10.2 Å². The molecule has 0 radical (unpaired) electrons. The maximum atomic E-state index is 14.3. The fourth-order valence-corrected chi connectivity index (χ4v) is 2.43. The minimum atomic E-state index is -0.268. The summed E-state index contributed by atoms with van der Waals surface area (Å²) < 4.78 is 14.3. The highest BCUT2D eigenvalue weighted by atomic mass is 19.1. The maximum Gasteiger partial charge on any atom is 0.131 e. The van der Waals surface area contributed by atoms with E-state index in [4.69, 9.17) is 0 Å². The molecule has 0 bridgehead atoms. The molecule has 3 aromatic carbocycles. The first-order valence-electron chi connectivity index (χ1n) is 8.11. The molecular weight excluding hydrogens is 311 g/mol. The molecule has 0 aliphatic carbocycles. The molecule has 0 aliphatic rings. The van der Waals surface area contributed by atoms with Crippen LogP contribution in [0.1, 0.15) is 22.3 Å². The van der Waals surface area contributed by atoms with Crippen LogP contribution >= 0.6 is 0 Å². The number of benzene rings is 3. The van der Waals surface area contributed by atoms with Gasteiger partial charge in [0.25, 0.3) is 0 Å². The van der Waals surface area contributed by atoms with Crippen LogP contribution in [0, 0.1) is 19.7 Å². The summed E-state index contributed by atoms with van der Waals surface area (Å²) in [7, 11) is 0. The summed E-state index contributed by atoms with van der Waals surface area (Å²) in [5.74, 6) is -0.268. The third kappa shape index (κ3) is 4.48. The van der Waals surface area contributed by atoms with Gasteiger partial charge < -0.3 is 0 Å². The van der Waals surface area contributed by atoms with Crippen molar-refractivity contribution in [2.24, 2.45) is 10.2 Å². The largest absolute Gasteiger partial charge is 0.206 e. The van der Waals surface area contributed by atoms with E-state index in [9.17, 15) is 4.39 Å². The van der Waals surface area contributed by atoms with Crippen molar-refractivity contribution in [2.75, 3.05) is 0 Å². The lowest BCUT2D eigenvalue weighted by Gasteiger charge is -2.04. The fraction of sp³-hybridized carbons (Fsp3) is 0.0909. The first-order chi connectivity index (χ1) is 12.1. The van der Waals surface area contributed by atoms with Crippen LogP contribution in [0.25, 0.3) is 11.1 Å². The number of hydrogen-bond acceptors (Lipinski definition) is 2. The Kier molecular flexibility index (Phi) is 5.14. The lowest BCUT2D eigenvalue weighted by molar-refractivity contribution is 0.631. The molecule has 2 nitrogen and oxygen atoms in total. The Bertz CT molecular complexity index is 908. The molecule has 0 spiro atoms. The Hall–Kier alpha value is -3.07. The third-order valence-electron chi connectivity index (χ3n) is 3.91. The van der Waals surface area contributed by atoms with Gasteiger partial charge in [-0.25, -0.2) is 4.39 Å². The Labute approximate surface area is 147 Å². The van der Waals surface area contributed by atoms with Crippen LogP contribution in [0.4, 0.5) is 4.39 Å². The summed E-state index contributed by atoms with van der Waals surface area (Å²) in [4.78, 5) is 0. The summed E-state index contributed by atoms with van der Waals surface area (Å²) in [5, 5.41) is 8.00. The number of halogens is 1. The van der Waals surface area contributed by atoms with Crippen molar-refractivity contribution in [1.82, 2.24) is 0 Å². The average molecular weight is 330 g/mol. The Morgan fingerprint density at radius 2 is 1.20 bits per heavy atom. The summed E-state index contributed by atoms with van der Waals surface area (Å²) in [6.07, 6.45) is 3.22. The number of nitrogens with zero attached hydrogens (tertiary/aromatic N) is 2. The number of aryl methyl sites for hydroxylation is 2. The number of rotatable bonds is 4. The molecule has 0 saturated heterocycles. The second-order valence-corrected chi connectivity index (χ2v) is 6.01. The summed E-state index contributed by atoms with van der Waals surface area (Å²) in [5.41, 5.74) is 5.45. The molecule has 124 valence electrons. The Morgan fingerprint density at radius 1 is 0.680 bits per heavy atom. The summed E-state index contributed by atoms with van der Waals surface area (Å²) in [6.45, 7) is 4.05. The molecule has 0 unspecified atom stereocenters. The van der Waals surface area contributed by atoms with Gasteiger partial charge in [0, 0.05) is 5.56 Å². The predicted octanol–water partition coefficient (Wildman–Crippen LogP) is 5.56. The zero-order valence-electron chi connectivity index (χ0n) is 14.3.